The Balaban J connectivity index is 2.08. The van der Waals surface area contributed by atoms with Crippen LogP contribution in [0.25, 0.3) is 22.8 Å². The van der Waals surface area contributed by atoms with E-state index in [1.165, 1.54) is 24.6 Å². The van der Waals surface area contributed by atoms with Gasteiger partial charge in [0.2, 0.25) is 11.7 Å². The molecule has 3 rings (SSSR count). The van der Waals surface area contributed by atoms with Gasteiger partial charge in [-0.05, 0) is 18.2 Å². The minimum atomic E-state index is -4.56. The molecule has 0 aliphatic heterocycles. The standard InChI is InChI=1S/C14H9F3N6O2/c15-14(16,17)10-2-1-7(6-20-10)8-5-9(13-19-3-4-25-13)22-11(21-8)12(24)23-18/h1-6H,18H2,(H,23,24). The first-order valence-electron chi connectivity index (χ1n) is 6.72. The average molecular weight is 350 g/mol. The molecule has 0 spiro atoms. The van der Waals surface area contributed by atoms with Crippen LogP contribution < -0.4 is 11.3 Å². The molecule has 0 fully saturated rings. The Morgan fingerprint density at radius 2 is 1.92 bits per heavy atom. The molecule has 0 saturated heterocycles. The molecule has 128 valence electrons. The van der Waals surface area contributed by atoms with E-state index in [4.69, 9.17) is 10.3 Å². The molecule has 3 heterocycles. The van der Waals surface area contributed by atoms with E-state index in [-0.39, 0.29) is 28.7 Å². The number of rotatable bonds is 3. The summed E-state index contributed by atoms with van der Waals surface area (Å²) in [6.45, 7) is 0. The number of nitrogen functional groups attached to an aromatic ring is 1. The van der Waals surface area contributed by atoms with Crippen molar-refractivity contribution >= 4 is 5.91 Å². The highest BCUT2D eigenvalue weighted by Gasteiger charge is 2.32. The summed E-state index contributed by atoms with van der Waals surface area (Å²) in [6, 6.07) is 3.40. The number of oxazole rings is 1. The summed E-state index contributed by atoms with van der Waals surface area (Å²) in [6.07, 6.45) is -0.883. The second-order valence-corrected chi connectivity index (χ2v) is 4.70. The van der Waals surface area contributed by atoms with Gasteiger partial charge in [0, 0.05) is 11.8 Å². The molecule has 0 unspecified atom stereocenters. The molecular formula is C14H9F3N6O2. The highest BCUT2D eigenvalue weighted by molar-refractivity contribution is 5.91. The van der Waals surface area contributed by atoms with Crippen LogP contribution in [-0.4, -0.2) is 25.8 Å². The number of nitrogens with one attached hydrogen (secondary N) is 1. The van der Waals surface area contributed by atoms with Gasteiger partial charge in [-0.25, -0.2) is 20.8 Å². The van der Waals surface area contributed by atoms with Crippen LogP contribution in [0.2, 0.25) is 0 Å². The molecule has 25 heavy (non-hydrogen) atoms. The van der Waals surface area contributed by atoms with Crippen molar-refractivity contribution in [2.24, 2.45) is 5.84 Å². The van der Waals surface area contributed by atoms with Crippen molar-refractivity contribution in [1.82, 2.24) is 25.4 Å². The molecule has 0 saturated carbocycles. The predicted molar refractivity (Wildman–Crippen MR) is 77.4 cm³/mol. The topological polar surface area (TPSA) is 120 Å². The lowest BCUT2D eigenvalue weighted by Crippen LogP contribution is -2.31. The van der Waals surface area contributed by atoms with Gasteiger partial charge in [0.1, 0.15) is 17.7 Å². The van der Waals surface area contributed by atoms with Gasteiger partial charge >= 0.3 is 12.1 Å². The third kappa shape index (κ3) is 3.45. The molecule has 0 aliphatic rings. The van der Waals surface area contributed by atoms with Crippen LogP contribution in [0.15, 0.2) is 41.3 Å². The SMILES string of the molecule is NNC(=O)c1nc(-c2ccc(C(F)(F)F)nc2)cc(-c2ncco2)n1. The maximum Gasteiger partial charge on any atom is 0.433 e. The van der Waals surface area contributed by atoms with Gasteiger partial charge in [-0.1, -0.05) is 0 Å². The van der Waals surface area contributed by atoms with Crippen molar-refractivity contribution in [2.45, 2.75) is 6.18 Å². The molecule has 1 amide bonds. The van der Waals surface area contributed by atoms with Gasteiger partial charge in [-0.15, -0.1) is 0 Å². The fourth-order valence-electron chi connectivity index (χ4n) is 1.93. The van der Waals surface area contributed by atoms with E-state index in [0.29, 0.717) is 0 Å². The summed E-state index contributed by atoms with van der Waals surface area (Å²) in [5, 5.41) is 0. The van der Waals surface area contributed by atoms with Crippen molar-refractivity contribution < 1.29 is 22.4 Å². The fraction of sp³-hybridized carbons (Fsp3) is 0.0714. The Hall–Kier alpha value is -3.34. The Bertz CT molecular complexity index is 894. The number of halogens is 3. The van der Waals surface area contributed by atoms with Gasteiger partial charge < -0.3 is 4.42 Å². The number of amides is 1. The van der Waals surface area contributed by atoms with E-state index in [1.807, 2.05) is 5.43 Å². The average Bonchev–Trinajstić information content (AvgIpc) is 3.14. The third-order valence-corrected chi connectivity index (χ3v) is 3.06. The first-order valence-corrected chi connectivity index (χ1v) is 6.72. The molecular weight excluding hydrogens is 341 g/mol. The van der Waals surface area contributed by atoms with E-state index in [1.54, 1.807) is 0 Å². The van der Waals surface area contributed by atoms with Crippen LogP contribution >= 0.6 is 0 Å². The minimum absolute atomic E-state index is 0.106. The summed E-state index contributed by atoms with van der Waals surface area (Å²) in [7, 11) is 0. The monoisotopic (exact) mass is 350 g/mol. The number of carbonyl (C=O) groups is 1. The Morgan fingerprint density at radius 3 is 2.48 bits per heavy atom. The number of nitrogens with two attached hydrogens (primary N) is 1. The quantitative estimate of drug-likeness (QED) is 0.420. The number of alkyl halides is 3. The second-order valence-electron chi connectivity index (χ2n) is 4.70. The van der Waals surface area contributed by atoms with Crippen molar-refractivity contribution in [3.05, 3.63) is 48.4 Å². The number of hydrogen-bond acceptors (Lipinski definition) is 7. The molecule has 8 nitrogen and oxygen atoms in total. The molecule has 11 heteroatoms. The Labute approximate surface area is 137 Å². The number of aromatic nitrogens is 4. The van der Waals surface area contributed by atoms with E-state index >= 15 is 0 Å². The second kappa shape index (κ2) is 6.28. The zero-order chi connectivity index (χ0) is 18.0. The third-order valence-electron chi connectivity index (χ3n) is 3.06. The predicted octanol–water partition coefficient (Wildman–Crippen LogP) is 1.82. The maximum atomic E-state index is 12.6. The Morgan fingerprint density at radius 1 is 1.16 bits per heavy atom. The smallest absolute Gasteiger partial charge is 0.433 e. The lowest BCUT2D eigenvalue weighted by Gasteiger charge is -2.08. The van der Waals surface area contributed by atoms with Gasteiger partial charge in [0.05, 0.1) is 11.9 Å². The first kappa shape index (κ1) is 16.5. The normalized spacial score (nSPS) is 11.4. The number of hydrogen-bond donors (Lipinski definition) is 2. The zero-order valence-corrected chi connectivity index (χ0v) is 12.3. The lowest BCUT2D eigenvalue weighted by atomic mass is 10.1. The first-order chi connectivity index (χ1) is 11.9. The van der Waals surface area contributed by atoms with E-state index < -0.39 is 17.8 Å². The molecule has 3 aromatic rings. The van der Waals surface area contributed by atoms with E-state index in [9.17, 15) is 18.0 Å². The largest absolute Gasteiger partial charge is 0.443 e. The number of carbonyl (C=O) groups excluding carboxylic acids is 1. The van der Waals surface area contributed by atoms with Gasteiger partial charge in [0.15, 0.2) is 0 Å². The molecule has 3 aromatic heterocycles. The van der Waals surface area contributed by atoms with Crippen molar-refractivity contribution in [2.75, 3.05) is 0 Å². The highest BCUT2D eigenvalue weighted by atomic mass is 19.4. The highest BCUT2D eigenvalue weighted by Crippen LogP contribution is 2.29. The Kier molecular flexibility index (Phi) is 4.15. The van der Waals surface area contributed by atoms with E-state index in [0.717, 1.165) is 12.3 Å². The number of hydrazine groups is 1. The van der Waals surface area contributed by atoms with Crippen molar-refractivity contribution in [3.63, 3.8) is 0 Å². The summed E-state index contributed by atoms with van der Waals surface area (Å²) < 4.78 is 43.0. The maximum absolute atomic E-state index is 12.6. The molecule has 0 atom stereocenters. The van der Waals surface area contributed by atoms with Gasteiger partial charge in [-0.3, -0.25) is 15.2 Å². The molecule has 3 N–H and O–H groups in total. The van der Waals surface area contributed by atoms with Crippen LogP contribution in [0, 0.1) is 0 Å². The van der Waals surface area contributed by atoms with Crippen LogP contribution in [0.4, 0.5) is 13.2 Å². The van der Waals surface area contributed by atoms with Crippen molar-refractivity contribution in [1.29, 1.82) is 0 Å². The fourth-order valence-corrected chi connectivity index (χ4v) is 1.93. The summed E-state index contributed by atoms with van der Waals surface area (Å²) in [4.78, 5) is 27.0. The van der Waals surface area contributed by atoms with Gasteiger partial charge in [-0.2, -0.15) is 13.2 Å². The van der Waals surface area contributed by atoms with Crippen molar-refractivity contribution in [3.8, 4) is 22.8 Å². The summed E-state index contributed by atoms with van der Waals surface area (Å²) >= 11 is 0. The number of nitrogens with zero attached hydrogens (tertiary/aromatic N) is 4. The zero-order valence-electron chi connectivity index (χ0n) is 12.3. The van der Waals surface area contributed by atoms with Crippen LogP contribution in [-0.2, 0) is 6.18 Å². The van der Waals surface area contributed by atoms with Crippen LogP contribution in [0.3, 0.4) is 0 Å². The summed E-state index contributed by atoms with van der Waals surface area (Å²) in [5.41, 5.74) is 1.40. The molecule has 0 aliphatic carbocycles. The lowest BCUT2D eigenvalue weighted by molar-refractivity contribution is -0.141. The molecule has 0 bridgehead atoms. The minimum Gasteiger partial charge on any atom is -0.443 e. The number of pyridine rings is 1. The van der Waals surface area contributed by atoms with Crippen LogP contribution in [0.1, 0.15) is 16.3 Å². The van der Waals surface area contributed by atoms with Gasteiger partial charge in [0.25, 0.3) is 0 Å². The van der Waals surface area contributed by atoms with E-state index in [2.05, 4.69) is 19.9 Å². The van der Waals surface area contributed by atoms with Crippen LogP contribution in [0.5, 0.6) is 0 Å². The molecule has 0 radical (unpaired) electrons. The summed E-state index contributed by atoms with van der Waals surface area (Å²) in [5.74, 6) is 4.10. The molecule has 0 aromatic carbocycles.